The lowest BCUT2D eigenvalue weighted by molar-refractivity contribution is 0.460. The van der Waals surface area contributed by atoms with Crippen LogP contribution < -0.4 is 10.6 Å². The maximum absolute atomic E-state index is 5.41. The molecule has 2 heterocycles. The van der Waals surface area contributed by atoms with E-state index in [1.807, 2.05) is 0 Å². The molecule has 0 fully saturated rings. The van der Waals surface area contributed by atoms with Crippen LogP contribution >= 0.6 is 0 Å². The summed E-state index contributed by atoms with van der Waals surface area (Å²) in [5, 5.41) is 13.9. The van der Waals surface area contributed by atoms with Crippen LogP contribution in [-0.2, 0) is 6.54 Å². The summed E-state index contributed by atoms with van der Waals surface area (Å²) >= 11 is 0. The van der Waals surface area contributed by atoms with E-state index in [1.54, 1.807) is 18.6 Å². The summed E-state index contributed by atoms with van der Waals surface area (Å²) in [5.41, 5.74) is 0. The van der Waals surface area contributed by atoms with E-state index < -0.39 is 0 Å². The second-order valence-electron chi connectivity index (χ2n) is 4.24. The lowest BCUT2D eigenvalue weighted by Crippen LogP contribution is -2.19. The molecule has 0 amide bonds. The molecular weight excluding hydrogens is 232 g/mol. The Morgan fingerprint density at radius 2 is 2.17 bits per heavy atom. The van der Waals surface area contributed by atoms with Gasteiger partial charge in [0, 0.05) is 12.4 Å². The first-order valence-corrected chi connectivity index (χ1v) is 5.80. The van der Waals surface area contributed by atoms with Crippen LogP contribution in [0.2, 0.25) is 0 Å². The molecule has 0 saturated carbocycles. The summed E-state index contributed by atoms with van der Waals surface area (Å²) in [7, 11) is 0. The number of hydrogen-bond donors (Lipinski definition) is 2. The number of aromatic nitrogens is 4. The van der Waals surface area contributed by atoms with Gasteiger partial charge in [0.25, 0.3) is 0 Å². The van der Waals surface area contributed by atoms with Crippen molar-refractivity contribution in [2.75, 3.05) is 11.9 Å². The maximum Gasteiger partial charge on any atom is 0.321 e. The molecule has 18 heavy (non-hydrogen) atoms. The number of anilines is 2. The Morgan fingerprint density at radius 1 is 1.28 bits per heavy atom. The van der Waals surface area contributed by atoms with Gasteiger partial charge in [-0.3, -0.25) is 10.3 Å². The minimum absolute atomic E-state index is 0.317. The van der Waals surface area contributed by atoms with Crippen molar-refractivity contribution in [3.63, 3.8) is 0 Å². The van der Waals surface area contributed by atoms with Gasteiger partial charge in [-0.1, -0.05) is 18.9 Å². The van der Waals surface area contributed by atoms with Crippen LogP contribution in [0.15, 0.2) is 23.0 Å². The highest BCUT2D eigenvalue weighted by atomic mass is 16.4. The molecule has 0 radical (unpaired) electrons. The van der Waals surface area contributed by atoms with Gasteiger partial charge in [0.15, 0.2) is 5.82 Å². The van der Waals surface area contributed by atoms with Crippen LogP contribution in [0.3, 0.4) is 0 Å². The minimum atomic E-state index is 0.317. The van der Waals surface area contributed by atoms with E-state index >= 15 is 0 Å². The van der Waals surface area contributed by atoms with Crippen molar-refractivity contribution in [3.8, 4) is 0 Å². The first-order valence-electron chi connectivity index (χ1n) is 5.80. The third kappa shape index (κ3) is 3.77. The topological polar surface area (TPSA) is 88.8 Å². The summed E-state index contributed by atoms with van der Waals surface area (Å²) in [6.45, 7) is 5.76. The number of hydrogen-bond acceptors (Lipinski definition) is 7. The molecule has 0 aliphatic rings. The van der Waals surface area contributed by atoms with Gasteiger partial charge in [0.05, 0.1) is 12.7 Å². The predicted molar refractivity (Wildman–Crippen MR) is 66.2 cm³/mol. The van der Waals surface area contributed by atoms with Crippen molar-refractivity contribution < 1.29 is 4.42 Å². The van der Waals surface area contributed by atoms with Crippen LogP contribution in [-0.4, -0.2) is 26.7 Å². The lowest BCUT2D eigenvalue weighted by Gasteiger charge is -2.03. The van der Waals surface area contributed by atoms with E-state index in [-0.39, 0.29) is 0 Å². The summed E-state index contributed by atoms with van der Waals surface area (Å²) in [4.78, 5) is 7.98. The summed E-state index contributed by atoms with van der Waals surface area (Å²) < 4.78 is 5.41. The highest BCUT2D eigenvalue weighted by molar-refractivity contribution is 5.42. The largest absolute Gasteiger partial charge is 0.406 e. The molecule has 7 nitrogen and oxygen atoms in total. The zero-order valence-corrected chi connectivity index (χ0v) is 10.4. The third-order valence-electron chi connectivity index (χ3n) is 2.09. The van der Waals surface area contributed by atoms with Gasteiger partial charge in [-0.15, -0.1) is 5.10 Å². The average Bonchev–Trinajstić information content (AvgIpc) is 2.78. The smallest absolute Gasteiger partial charge is 0.321 e. The van der Waals surface area contributed by atoms with Crippen LogP contribution in [0, 0.1) is 5.92 Å². The summed E-state index contributed by atoms with van der Waals surface area (Å²) in [6, 6.07) is 0.317. The fourth-order valence-corrected chi connectivity index (χ4v) is 1.32. The minimum Gasteiger partial charge on any atom is -0.406 e. The first kappa shape index (κ1) is 12.4. The SMILES string of the molecule is CC(C)CNCc1nnc(Nc2cnccn2)o1. The monoisotopic (exact) mass is 248 g/mol. The predicted octanol–water partition coefficient (Wildman–Crippen LogP) is 1.35. The van der Waals surface area contributed by atoms with Gasteiger partial charge >= 0.3 is 6.01 Å². The zero-order valence-electron chi connectivity index (χ0n) is 10.4. The van der Waals surface area contributed by atoms with E-state index in [9.17, 15) is 0 Å². The molecular formula is C11H16N6O. The molecule has 2 aromatic rings. The number of rotatable bonds is 6. The van der Waals surface area contributed by atoms with Crippen molar-refractivity contribution >= 4 is 11.8 Å². The summed E-state index contributed by atoms with van der Waals surface area (Å²) in [6.07, 6.45) is 4.77. The highest BCUT2D eigenvalue weighted by Crippen LogP contribution is 2.11. The Kier molecular flexibility index (Phi) is 4.19. The molecule has 0 unspecified atom stereocenters. The molecule has 0 aliphatic heterocycles. The van der Waals surface area contributed by atoms with E-state index in [1.165, 1.54) is 0 Å². The number of nitrogens with one attached hydrogen (secondary N) is 2. The van der Waals surface area contributed by atoms with Crippen molar-refractivity contribution in [2.45, 2.75) is 20.4 Å². The normalized spacial score (nSPS) is 10.8. The van der Waals surface area contributed by atoms with Gasteiger partial charge in [-0.2, -0.15) is 0 Å². The molecule has 2 N–H and O–H groups in total. The molecule has 2 aromatic heterocycles. The van der Waals surface area contributed by atoms with Crippen molar-refractivity contribution in [3.05, 3.63) is 24.5 Å². The van der Waals surface area contributed by atoms with E-state index in [0.29, 0.717) is 30.2 Å². The van der Waals surface area contributed by atoms with E-state index in [4.69, 9.17) is 4.42 Å². The van der Waals surface area contributed by atoms with Gasteiger partial charge in [-0.05, 0) is 12.5 Å². The fraction of sp³-hybridized carbons (Fsp3) is 0.455. The molecule has 96 valence electrons. The molecule has 7 heteroatoms. The van der Waals surface area contributed by atoms with Gasteiger partial charge < -0.3 is 9.73 Å². The zero-order chi connectivity index (χ0) is 12.8. The summed E-state index contributed by atoms with van der Waals surface area (Å²) in [5.74, 6) is 1.70. The quantitative estimate of drug-likeness (QED) is 0.797. The average molecular weight is 248 g/mol. The number of nitrogens with zero attached hydrogens (tertiary/aromatic N) is 4. The van der Waals surface area contributed by atoms with Gasteiger partial charge in [-0.25, -0.2) is 4.98 Å². The van der Waals surface area contributed by atoms with Crippen LogP contribution in [0.25, 0.3) is 0 Å². The Labute approximate surface area is 105 Å². The lowest BCUT2D eigenvalue weighted by atomic mass is 10.2. The van der Waals surface area contributed by atoms with E-state index in [0.717, 1.165) is 6.54 Å². The Bertz CT molecular complexity index is 469. The fourth-order valence-electron chi connectivity index (χ4n) is 1.32. The Balaban J connectivity index is 1.86. The molecule has 0 spiro atoms. The first-order chi connectivity index (χ1) is 8.74. The Hall–Kier alpha value is -2.02. The molecule has 0 aromatic carbocycles. The van der Waals surface area contributed by atoms with E-state index in [2.05, 4.69) is 44.6 Å². The van der Waals surface area contributed by atoms with Gasteiger partial charge in [0.2, 0.25) is 5.89 Å². The second-order valence-corrected chi connectivity index (χ2v) is 4.24. The molecule has 0 bridgehead atoms. The molecule has 2 rings (SSSR count). The molecule has 0 saturated heterocycles. The molecule has 0 atom stereocenters. The van der Waals surface area contributed by atoms with Crippen LogP contribution in [0.1, 0.15) is 19.7 Å². The van der Waals surface area contributed by atoms with Crippen LogP contribution in [0.4, 0.5) is 11.8 Å². The standard InChI is InChI=1S/C11H16N6O/c1-8(2)5-13-7-10-16-17-11(18-10)15-9-6-12-3-4-14-9/h3-4,6,8,13H,5,7H2,1-2H3,(H,14,15,17). The van der Waals surface area contributed by atoms with Crippen molar-refractivity contribution in [2.24, 2.45) is 5.92 Å². The third-order valence-corrected chi connectivity index (χ3v) is 2.09. The maximum atomic E-state index is 5.41. The Morgan fingerprint density at radius 3 is 2.89 bits per heavy atom. The second kappa shape index (κ2) is 6.06. The van der Waals surface area contributed by atoms with Crippen molar-refractivity contribution in [1.82, 2.24) is 25.5 Å². The highest BCUT2D eigenvalue weighted by Gasteiger charge is 2.06. The van der Waals surface area contributed by atoms with Crippen molar-refractivity contribution in [1.29, 1.82) is 0 Å². The van der Waals surface area contributed by atoms with Crippen LogP contribution in [0.5, 0.6) is 0 Å². The van der Waals surface area contributed by atoms with Gasteiger partial charge in [0.1, 0.15) is 0 Å². The molecule has 0 aliphatic carbocycles.